The van der Waals surface area contributed by atoms with Crippen molar-refractivity contribution in [1.29, 1.82) is 0 Å². The number of rotatable bonds is 3. The van der Waals surface area contributed by atoms with Crippen LogP contribution in [-0.2, 0) is 12.8 Å². The zero-order chi connectivity index (χ0) is 24.1. The van der Waals surface area contributed by atoms with Crippen LogP contribution >= 0.6 is 0 Å². The SMILES string of the molecule is O=C1NCCOc2cc(-c3n[nH]c4ncc(-c5ccc6c(c5)CCC(N5CCC5)CC6)cc34)ccc21. The van der Waals surface area contributed by atoms with Gasteiger partial charge in [0.1, 0.15) is 18.1 Å². The van der Waals surface area contributed by atoms with Gasteiger partial charge < -0.3 is 15.0 Å². The molecule has 0 saturated carbocycles. The minimum absolute atomic E-state index is 0.107. The van der Waals surface area contributed by atoms with Crippen LogP contribution in [0.1, 0.15) is 40.7 Å². The molecule has 2 aromatic carbocycles. The molecule has 1 atom stereocenters. The highest BCUT2D eigenvalue weighted by molar-refractivity contribution is 5.99. The normalized spacial score (nSPS) is 19.9. The second-order valence-electron chi connectivity index (χ2n) is 10.1. The summed E-state index contributed by atoms with van der Waals surface area (Å²) in [5.41, 5.74) is 8.25. The molecule has 2 aromatic heterocycles. The summed E-state index contributed by atoms with van der Waals surface area (Å²) in [7, 11) is 0. The van der Waals surface area contributed by atoms with Crippen molar-refractivity contribution in [3.05, 3.63) is 65.4 Å². The lowest BCUT2D eigenvalue weighted by Crippen LogP contribution is -2.45. The lowest BCUT2D eigenvalue weighted by molar-refractivity contribution is 0.0957. The number of ether oxygens (including phenoxy) is 1. The van der Waals surface area contributed by atoms with Crippen molar-refractivity contribution in [1.82, 2.24) is 25.4 Å². The Morgan fingerprint density at radius 1 is 0.944 bits per heavy atom. The van der Waals surface area contributed by atoms with Crippen molar-refractivity contribution in [3.63, 3.8) is 0 Å². The first-order valence-electron chi connectivity index (χ1n) is 13.0. The van der Waals surface area contributed by atoms with Crippen LogP contribution in [0.15, 0.2) is 48.7 Å². The van der Waals surface area contributed by atoms with Gasteiger partial charge in [-0.05, 0) is 80.1 Å². The van der Waals surface area contributed by atoms with Crippen LogP contribution in [0.3, 0.4) is 0 Å². The van der Waals surface area contributed by atoms with E-state index in [2.05, 4.69) is 49.7 Å². The molecular formula is C29H29N5O2. The predicted octanol–water partition coefficient (Wildman–Crippen LogP) is 4.37. The first-order chi connectivity index (χ1) is 17.7. The molecule has 3 aliphatic rings. The van der Waals surface area contributed by atoms with Gasteiger partial charge in [0, 0.05) is 28.8 Å². The Labute approximate surface area is 209 Å². The van der Waals surface area contributed by atoms with Gasteiger partial charge in [-0.25, -0.2) is 4.98 Å². The van der Waals surface area contributed by atoms with E-state index in [0.29, 0.717) is 24.5 Å². The predicted molar refractivity (Wildman–Crippen MR) is 139 cm³/mol. The number of pyridine rings is 1. The Hall–Kier alpha value is -3.71. The first kappa shape index (κ1) is 21.6. The van der Waals surface area contributed by atoms with E-state index in [4.69, 9.17) is 4.74 Å². The van der Waals surface area contributed by atoms with E-state index < -0.39 is 0 Å². The van der Waals surface area contributed by atoms with Gasteiger partial charge in [-0.1, -0.05) is 24.3 Å². The van der Waals surface area contributed by atoms with E-state index in [0.717, 1.165) is 40.3 Å². The quantitative estimate of drug-likeness (QED) is 0.427. The molecule has 2 aliphatic heterocycles. The fourth-order valence-corrected chi connectivity index (χ4v) is 5.82. The molecule has 1 fully saturated rings. The third-order valence-electron chi connectivity index (χ3n) is 8.00. The smallest absolute Gasteiger partial charge is 0.255 e. The van der Waals surface area contributed by atoms with Gasteiger partial charge in [0.05, 0.1) is 12.1 Å². The lowest BCUT2D eigenvalue weighted by atomic mass is 9.96. The number of likely N-dealkylation sites (tertiary alicyclic amines) is 1. The Morgan fingerprint density at radius 3 is 2.67 bits per heavy atom. The van der Waals surface area contributed by atoms with Crippen LogP contribution < -0.4 is 10.1 Å². The van der Waals surface area contributed by atoms with Crippen molar-refractivity contribution in [3.8, 4) is 28.1 Å². The maximum Gasteiger partial charge on any atom is 0.255 e. The zero-order valence-corrected chi connectivity index (χ0v) is 20.2. The molecule has 4 heterocycles. The molecule has 1 amide bonds. The van der Waals surface area contributed by atoms with Crippen LogP contribution in [0.2, 0.25) is 0 Å². The van der Waals surface area contributed by atoms with Crippen LogP contribution in [0.4, 0.5) is 0 Å². The lowest BCUT2D eigenvalue weighted by Gasteiger charge is -2.38. The third-order valence-corrected chi connectivity index (χ3v) is 8.00. The van der Waals surface area contributed by atoms with Gasteiger partial charge in [0.25, 0.3) is 5.91 Å². The Bertz CT molecular complexity index is 1470. The standard InChI is InChI=1S/C29H29N5O2/c35-29-24-9-6-21(16-26(24)36-13-10-30-29)27-25-15-22(17-31-28(25)33-32-27)20-3-2-18-4-7-23(34-11-1-12-34)8-5-19(18)14-20/h2-3,6,9,14-17,23H,1,4-5,7-8,10-13H2,(H,30,35)(H,31,32,33). The van der Waals surface area contributed by atoms with Crippen LogP contribution in [0.5, 0.6) is 5.75 Å². The fraction of sp³-hybridized carbons (Fsp3) is 0.345. The van der Waals surface area contributed by atoms with E-state index in [1.807, 2.05) is 24.4 Å². The first-order valence-corrected chi connectivity index (χ1v) is 13.0. The Kier molecular flexibility index (Phi) is 5.24. The Balaban J connectivity index is 1.22. The maximum atomic E-state index is 12.3. The number of benzene rings is 2. The van der Waals surface area contributed by atoms with Crippen LogP contribution in [0.25, 0.3) is 33.4 Å². The number of H-pyrrole nitrogens is 1. The minimum atomic E-state index is -0.107. The average molecular weight is 480 g/mol. The van der Waals surface area contributed by atoms with Gasteiger partial charge >= 0.3 is 0 Å². The second-order valence-corrected chi connectivity index (χ2v) is 10.1. The number of aryl methyl sites for hydroxylation is 2. The van der Waals surface area contributed by atoms with E-state index in [1.54, 1.807) is 0 Å². The van der Waals surface area contributed by atoms with Crippen molar-refractivity contribution >= 4 is 16.9 Å². The number of carbonyl (C=O) groups excluding carboxylic acids is 1. The van der Waals surface area contributed by atoms with E-state index >= 15 is 0 Å². The van der Waals surface area contributed by atoms with Gasteiger partial charge in [-0.2, -0.15) is 5.10 Å². The zero-order valence-electron chi connectivity index (χ0n) is 20.2. The van der Waals surface area contributed by atoms with Crippen molar-refractivity contribution in [2.75, 3.05) is 26.2 Å². The number of amides is 1. The molecule has 1 unspecified atom stereocenters. The number of nitrogens with one attached hydrogen (secondary N) is 2. The highest BCUT2D eigenvalue weighted by Crippen LogP contribution is 2.34. The number of hydrogen-bond donors (Lipinski definition) is 2. The Morgan fingerprint density at radius 2 is 1.81 bits per heavy atom. The number of fused-ring (bicyclic) bond motifs is 3. The molecule has 7 rings (SSSR count). The summed E-state index contributed by atoms with van der Waals surface area (Å²) in [6, 6.07) is 15.5. The number of nitrogens with zero attached hydrogens (tertiary/aromatic N) is 3. The molecule has 1 saturated heterocycles. The number of carbonyl (C=O) groups is 1. The molecule has 0 bridgehead atoms. The van der Waals surface area contributed by atoms with E-state index in [9.17, 15) is 4.79 Å². The second kappa shape index (κ2) is 8.75. The number of aromatic amines is 1. The summed E-state index contributed by atoms with van der Waals surface area (Å²) < 4.78 is 5.82. The topological polar surface area (TPSA) is 83.1 Å². The summed E-state index contributed by atoms with van der Waals surface area (Å²) >= 11 is 0. The monoisotopic (exact) mass is 479 g/mol. The average Bonchev–Trinajstić information content (AvgIpc) is 3.07. The highest BCUT2D eigenvalue weighted by Gasteiger charge is 2.26. The maximum absolute atomic E-state index is 12.3. The fourth-order valence-electron chi connectivity index (χ4n) is 5.82. The number of aromatic nitrogens is 3. The number of hydrogen-bond acceptors (Lipinski definition) is 5. The largest absolute Gasteiger partial charge is 0.491 e. The molecule has 1 aliphatic carbocycles. The highest BCUT2D eigenvalue weighted by atomic mass is 16.5. The summed E-state index contributed by atoms with van der Waals surface area (Å²) in [4.78, 5) is 19.6. The molecule has 7 nitrogen and oxygen atoms in total. The minimum Gasteiger partial charge on any atom is -0.491 e. The molecular weight excluding hydrogens is 450 g/mol. The molecule has 4 aromatic rings. The third kappa shape index (κ3) is 3.75. The van der Waals surface area contributed by atoms with Crippen molar-refractivity contribution < 1.29 is 9.53 Å². The molecule has 0 spiro atoms. The van der Waals surface area contributed by atoms with E-state index in [1.165, 1.54) is 55.5 Å². The van der Waals surface area contributed by atoms with E-state index in [-0.39, 0.29) is 5.91 Å². The van der Waals surface area contributed by atoms with Crippen molar-refractivity contribution in [2.45, 2.75) is 38.1 Å². The van der Waals surface area contributed by atoms with Crippen LogP contribution in [0, 0.1) is 0 Å². The molecule has 0 radical (unpaired) electrons. The summed E-state index contributed by atoms with van der Waals surface area (Å²) in [6.45, 7) is 3.50. The van der Waals surface area contributed by atoms with Gasteiger partial charge in [-0.15, -0.1) is 0 Å². The van der Waals surface area contributed by atoms with Crippen molar-refractivity contribution in [2.24, 2.45) is 0 Å². The van der Waals surface area contributed by atoms with Gasteiger partial charge in [0.2, 0.25) is 0 Å². The molecule has 36 heavy (non-hydrogen) atoms. The molecule has 182 valence electrons. The summed E-state index contributed by atoms with van der Waals surface area (Å²) in [5.74, 6) is 0.481. The summed E-state index contributed by atoms with van der Waals surface area (Å²) in [6.07, 6.45) is 8.10. The van der Waals surface area contributed by atoms with Gasteiger partial charge in [0.15, 0.2) is 5.65 Å². The van der Waals surface area contributed by atoms with Gasteiger partial charge in [-0.3, -0.25) is 9.89 Å². The van der Waals surface area contributed by atoms with Crippen LogP contribution in [-0.4, -0.2) is 58.3 Å². The molecule has 2 N–H and O–H groups in total. The molecule has 7 heteroatoms. The summed E-state index contributed by atoms with van der Waals surface area (Å²) in [5, 5.41) is 11.4.